The van der Waals surface area contributed by atoms with Crippen LogP contribution in [-0.2, 0) is 0 Å². The number of benzene rings is 2. The average Bonchev–Trinajstić information content (AvgIpc) is 2.53. The molecule has 0 radical (unpaired) electrons. The SMILES string of the molecule is COc1ccc(/C=N/c2cc([N+](=O)[O-])ccc2C)cc1OC. The van der Waals surface area contributed by atoms with Crippen molar-refractivity contribution in [1.82, 2.24) is 0 Å². The fourth-order valence-corrected chi connectivity index (χ4v) is 1.93. The number of nitro benzene ring substituents is 1. The van der Waals surface area contributed by atoms with E-state index in [9.17, 15) is 10.1 Å². The van der Waals surface area contributed by atoms with Crippen molar-refractivity contribution in [2.75, 3.05) is 14.2 Å². The van der Waals surface area contributed by atoms with E-state index in [1.807, 2.05) is 13.0 Å². The van der Waals surface area contributed by atoms with Crippen LogP contribution >= 0.6 is 0 Å². The first kappa shape index (κ1) is 15.5. The minimum absolute atomic E-state index is 0.0186. The molecule has 0 amide bonds. The lowest BCUT2D eigenvalue weighted by atomic mass is 10.2. The number of methoxy groups -OCH3 is 2. The van der Waals surface area contributed by atoms with Crippen LogP contribution in [-0.4, -0.2) is 25.4 Å². The molecule has 6 nitrogen and oxygen atoms in total. The van der Waals surface area contributed by atoms with Gasteiger partial charge in [-0.2, -0.15) is 0 Å². The molecule has 6 heteroatoms. The Bertz CT molecular complexity index is 726. The Labute approximate surface area is 128 Å². The normalized spacial score (nSPS) is 10.7. The molecule has 22 heavy (non-hydrogen) atoms. The molecule has 0 aliphatic carbocycles. The summed E-state index contributed by atoms with van der Waals surface area (Å²) in [6.45, 7) is 1.85. The Balaban J connectivity index is 2.32. The summed E-state index contributed by atoms with van der Waals surface area (Å²) in [5.41, 5.74) is 2.25. The predicted octanol–water partition coefficient (Wildman–Crippen LogP) is 3.67. The van der Waals surface area contributed by atoms with Gasteiger partial charge in [0, 0.05) is 18.3 Å². The van der Waals surface area contributed by atoms with Crippen molar-refractivity contribution in [3.05, 3.63) is 57.6 Å². The third kappa shape index (κ3) is 3.41. The second kappa shape index (κ2) is 6.71. The van der Waals surface area contributed by atoms with E-state index < -0.39 is 4.92 Å². The summed E-state index contributed by atoms with van der Waals surface area (Å²) in [6, 6.07) is 9.99. The Morgan fingerprint density at radius 2 is 1.82 bits per heavy atom. The molecule has 0 aliphatic rings. The number of aryl methyl sites for hydroxylation is 1. The van der Waals surface area contributed by atoms with Gasteiger partial charge in [0.1, 0.15) is 0 Å². The zero-order chi connectivity index (χ0) is 16.1. The van der Waals surface area contributed by atoms with Gasteiger partial charge in [0.15, 0.2) is 11.5 Å². The van der Waals surface area contributed by atoms with E-state index in [2.05, 4.69) is 4.99 Å². The van der Waals surface area contributed by atoms with Crippen LogP contribution in [0.4, 0.5) is 11.4 Å². The molecular formula is C16H16N2O4. The molecule has 0 N–H and O–H groups in total. The lowest BCUT2D eigenvalue weighted by Crippen LogP contribution is -1.92. The van der Waals surface area contributed by atoms with Gasteiger partial charge in [-0.25, -0.2) is 0 Å². The first-order valence-corrected chi connectivity index (χ1v) is 6.56. The lowest BCUT2D eigenvalue weighted by molar-refractivity contribution is -0.384. The standard InChI is InChI=1S/C16H16N2O4/c1-11-4-6-13(18(19)20)9-14(11)17-10-12-5-7-15(21-2)16(8-12)22-3/h4-10H,1-3H3/b17-10+. The molecule has 0 saturated heterocycles. The van der Waals surface area contributed by atoms with Crippen molar-refractivity contribution >= 4 is 17.6 Å². The van der Waals surface area contributed by atoms with Gasteiger partial charge >= 0.3 is 0 Å². The highest BCUT2D eigenvalue weighted by Crippen LogP contribution is 2.28. The maximum absolute atomic E-state index is 10.8. The smallest absolute Gasteiger partial charge is 0.271 e. The van der Waals surface area contributed by atoms with Crippen molar-refractivity contribution in [1.29, 1.82) is 0 Å². The highest BCUT2D eigenvalue weighted by Gasteiger charge is 2.08. The first-order valence-electron chi connectivity index (χ1n) is 6.56. The predicted molar refractivity (Wildman–Crippen MR) is 84.6 cm³/mol. The zero-order valence-electron chi connectivity index (χ0n) is 12.6. The molecule has 2 aromatic carbocycles. The fourth-order valence-electron chi connectivity index (χ4n) is 1.93. The van der Waals surface area contributed by atoms with Crippen LogP contribution in [0.1, 0.15) is 11.1 Å². The number of nitrogens with zero attached hydrogens (tertiary/aromatic N) is 2. The van der Waals surface area contributed by atoms with Crippen LogP contribution in [0.5, 0.6) is 11.5 Å². The van der Waals surface area contributed by atoms with Crippen molar-refractivity contribution in [2.24, 2.45) is 4.99 Å². The summed E-state index contributed by atoms with van der Waals surface area (Å²) in [6.07, 6.45) is 1.63. The number of hydrogen-bond acceptors (Lipinski definition) is 5. The molecule has 0 saturated carbocycles. The van der Waals surface area contributed by atoms with E-state index in [1.165, 1.54) is 12.1 Å². The first-order chi connectivity index (χ1) is 10.5. The molecule has 114 valence electrons. The summed E-state index contributed by atoms with van der Waals surface area (Å²) in [4.78, 5) is 14.7. The molecule has 0 spiro atoms. The molecule has 0 bridgehead atoms. The van der Waals surface area contributed by atoms with E-state index in [0.29, 0.717) is 17.2 Å². The molecule has 0 aromatic heterocycles. The second-order valence-electron chi connectivity index (χ2n) is 4.60. The number of ether oxygens (including phenoxy) is 2. The van der Waals surface area contributed by atoms with Gasteiger partial charge in [-0.15, -0.1) is 0 Å². The molecule has 0 atom stereocenters. The third-order valence-corrected chi connectivity index (χ3v) is 3.16. The van der Waals surface area contributed by atoms with E-state index >= 15 is 0 Å². The quantitative estimate of drug-likeness (QED) is 0.479. The second-order valence-corrected chi connectivity index (χ2v) is 4.60. The van der Waals surface area contributed by atoms with Crippen LogP contribution < -0.4 is 9.47 Å². The Hall–Kier alpha value is -2.89. The van der Waals surface area contributed by atoms with Gasteiger partial charge < -0.3 is 9.47 Å². The van der Waals surface area contributed by atoms with E-state index in [1.54, 1.807) is 38.6 Å². The van der Waals surface area contributed by atoms with Crippen molar-refractivity contribution in [3.63, 3.8) is 0 Å². The van der Waals surface area contributed by atoms with Gasteiger partial charge in [-0.3, -0.25) is 15.1 Å². The minimum atomic E-state index is -0.436. The number of aliphatic imine (C=N–C) groups is 1. The monoisotopic (exact) mass is 300 g/mol. The summed E-state index contributed by atoms with van der Waals surface area (Å²) in [5.74, 6) is 1.23. The summed E-state index contributed by atoms with van der Waals surface area (Å²) in [5, 5.41) is 10.8. The summed E-state index contributed by atoms with van der Waals surface area (Å²) >= 11 is 0. The Morgan fingerprint density at radius 1 is 1.09 bits per heavy atom. The van der Waals surface area contributed by atoms with Crippen LogP contribution in [0, 0.1) is 17.0 Å². The van der Waals surface area contributed by atoms with Gasteiger partial charge in [-0.1, -0.05) is 6.07 Å². The molecule has 0 aliphatic heterocycles. The molecule has 0 heterocycles. The Morgan fingerprint density at radius 3 is 2.45 bits per heavy atom. The van der Waals surface area contributed by atoms with E-state index in [-0.39, 0.29) is 5.69 Å². The van der Waals surface area contributed by atoms with Crippen LogP contribution in [0.2, 0.25) is 0 Å². The molecule has 0 fully saturated rings. The number of non-ortho nitro benzene ring substituents is 1. The minimum Gasteiger partial charge on any atom is -0.493 e. The largest absolute Gasteiger partial charge is 0.493 e. The Kier molecular flexibility index (Phi) is 4.73. The summed E-state index contributed by atoms with van der Waals surface area (Å²) in [7, 11) is 3.13. The number of nitro groups is 1. The molecular weight excluding hydrogens is 284 g/mol. The number of rotatable bonds is 5. The average molecular weight is 300 g/mol. The van der Waals surface area contributed by atoms with E-state index in [0.717, 1.165) is 11.1 Å². The highest BCUT2D eigenvalue weighted by atomic mass is 16.6. The van der Waals surface area contributed by atoms with Gasteiger partial charge in [0.25, 0.3) is 5.69 Å². The van der Waals surface area contributed by atoms with Gasteiger partial charge in [0.2, 0.25) is 0 Å². The molecule has 2 aromatic rings. The van der Waals surface area contributed by atoms with E-state index in [4.69, 9.17) is 9.47 Å². The molecule has 0 unspecified atom stereocenters. The van der Waals surface area contributed by atoms with Crippen molar-refractivity contribution < 1.29 is 14.4 Å². The topological polar surface area (TPSA) is 74.0 Å². The highest BCUT2D eigenvalue weighted by molar-refractivity contribution is 5.83. The lowest BCUT2D eigenvalue weighted by Gasteiger charge is -2.07. The van der Waals surface area contributed by atoms with Crippen LogP contribution in [0.3, 0.4) is 0 Å². The van der Waals surface area contributed by atoms with Crippen LogP contribution in [0.25, 0.3) is 0 Å². The third-order valence-electron chi connectivity index (χ3n) is 3.16. The summed E-state index contributed by atoms with van der Waals surface area (Å²) < 4.78 is 10.4. The maximum Gasteiger partial charge on any atom is 0.271 e. The fraction of sp³-hybridized carbons (Fsp3) is 0.188. The number of hydrogen-bond donors (Lipinski definition) is 0. The van der Waals surface area contributed by atoms with Gasteiger partial charge in [-0.05, 0) is 36.2 Å². The van der Waals surface area contributed by atoms with Crippen LogP contribution in [0.15, 0.2) is 41.4 Å². The zero-order valence-corrected chi connectivity index (χ0v) is 12.6. The molecule has 2 rings (SSSR count). The van der Waals surface area contributed by atoms with Crippen molar-refractivity contribution in [3.8, 4) is 11.5 Å². The maximum atomic E-state index is 10.8. The van der Waals surface area contributed by atoms with Gasteiger partial charge in [0.05, 0.1) is 24.8 Å². The van der Waals surface area contributed by atoms with Crippen molar-refractivity contribution in [2.45, 2.75) is 6.92 Å².